The van der Waals surface area contributed by atoms with Crippen molar-refractivity contribution in [1.29, 1.82) is 0 Å². The molecule has 0 aromatic carbocycles. The van der Waals surface area contributed by atoms with Gasteiger partial charge in [0.2, 0.25) is 5.91 Å². The molecular weight excluding hydrogens is 222 g/mol. The number of aromatic nitrogens is 2. The topological polar surface area (TPSA) is 54.9 Å². The van der Waals surface area contributed by atoms with Crippen LogP contribution in [0.3, 0.4) is 0 Å². The van der Waals surface area contributed by atoms with Crippen molar-refractivity contribution in [3.8, 4) is 0 Å². The number of amides is 1. The Morgan fingerprint density at radius 2 is 2.00 bits per heavy atom. The molecule has 1 amide bonds. The van der Waals surface area contributed by atoms with Gasteiger partial charge in [-0.15, -0.1) is 0 Å². The molecule has 1 aromatic heterocycles. The number of carbonyl (C=O) groups excluding carboxylic acids is 1. The van der Waals surface area contributed by atoms with Crippen LogP contribution in [0.4, 0.5) is 0 Å². The average molecular weight is 239 g/mol. The summed E-state index contributed by atoms with van der Waals surface area (Å²) in [7, 11) is 0. The van der Waals surface area contributed by atoms with Gasteiger partial charge in [-0.05, 0) is 18.9 Å². The van der Waals surface area contributed by atoms with E-state index >= 15 is 0 Å². The Kier molecular flexibility index (Phi) is 5.25. The van der Waals surface area contributed by atoms with Gasteiger partial charge in [0.1, 0.15) is 0 Å². The van der Waals surface area contributed by atoms with E-state index in [0.29, 0.717) is 16.8 Å². The van der Waals surface area contributed by atoms with E-state index < -0.39 is 0 Å². The third-order valence-corrected chi connectivity index (χ3v) is 3.14. The molecule has 1 N–H and O–H groups in total. The summed E-state index contributed by atoms with van der Waals surface area (Å²) in [6.07, 6.45) is 3.34. The molecule has 0 spiro atoms. The molecule has 0 saturated heterocycles. The van der Waals surface area contributed by atoms with Crippen molar-refractivity contribution in [2.75, 3.05) is 5.75 Å². The van der Waals surface area contributed by atoms with Crippen molar-refractivity contribution in [2.24, 2.45) is 5.92 Å². The van der Waals surface area contributed by atoms with Crippen LogP contribution < -0.4 is 5.32 Å². The van der Waals surface area contributed by atoms with Crippen LogP contribution >= 0.6 is 11.8 Å². The maximum atomic E-state index is 11.5. The first kappa shape index (κ1) is 13.0. The Morgan fingerprint density at radius 3 is 2.56 bits per heavy atom. The van der Waals surface area contributed by atoms with E-state index in [0.717, 1.165) is 0 Å². The molecule has 1 atom stereocenters. The summed E-state index contributed by atoms with van der Waals surface area (Å²) >= 11 is 1.35. The lowest BCUT2D eigenvalue weighted by atomic mass is 10.1. The molecule has 0 fully saturated rings. The molecule has 0 aliphatic rings. The smallest absolute Gasteiger partial charge is 0.230 e. The van der Waals surface area contributed by atoms with Crippen LogP contribution in [0.5, 0.6) is 0 Å². The number of thioether (sulfide) groups is 1. The molecule has 0 radical (unpaired) electrons. The van der Waals surface area contributed by atoms with Gasteiger partial charge in [-0.25, -0.2) is 9.97 Å². The molecule has 0 unspecified atom stereocenters. The third kappa shape index (κ3) is 4.61. The van der Waals surface area contributed by atoms with E-state index in [2.05, 4.69) is 29.1 Å². The van der Waals surface area contributed by atoms with Crippen molar-refractivity contribution in [2.45, 2.75) is 32.0 Å². The highest BCUT2D eigenvalue weighted by molar-refractivity contribution is 7.99. The van der Waals surface area contributed by atoms with E-state index in [4.69, 9.17) is 0 Å². The van der Waals surface area contributed by atoms with Gasteiger partial charge >= 0.3 is 0 Å². The Bertz CT molecular complexity index is 329. The van der Waals surface area contributed by atoms with E-state index in [9.17, 15) is 4.79 Å². The van der Waals surface area contributed by atoms with Crippen LogP contribution in [0.15, 0.2) is 23.6 Å². The lowest BCUT2D eigenvalue weighted by molar-refractivity contribution is -0.119. The fourth-order valence-electron chi connectivity index (χ4n) is 0.952. The zero-order valence-electron chi connectivity index (χ0n) is 9.80. The first-order valence-corrected chi connectivity index (χ1v) is 6.27. The second-order valence-electron chi connectivity index (χ2n) is 3.92. The molecule has 5 heteroatoms. The quantitative estimate of drug-likeness (QED) is 0.628. The summed E-state index contributed by atoms with van der Waals surface area (Å²) in [5, 5.41) is 3.57. The van der Waals surface area contributed by atoms with Gasteiger partial charge in [-0.1, -0.05) is 25.6 Å². The number of nitrogens with one attached hydrogen (secondary N) is 1. The highest BCUT2D eigenvalue weighted by Gasteiger charge is 2.11. The number of hydrogen-bond donors (Lipinski definition) is 1. The molecule has 0 aliphatic heterocycles. The number of hydrogen-bond acceptors (Lipinski definition) is 4. The summed E-state index contributed by atoms with van der Waals surface area (Å²) in [5.74, 6) is 0.835. The Morgan fingerprint density at radius 1 is 1.38 bits per heavy atom. The molecule has 88 valence electrons. The Labute approximate surface area is 100 Å². The monoisotopic (exact) mass is 239 g/mol. The van der Waals surface area contributed by atoms with Gasteiger partial charge in [0.15, 0.2) is 5.16 Å². The number of nitrogens with zero attached hydrogens (tertiary/aromatic N) is 2. The van der Waals surface area contributed by atoms with E-state index in [1.165, 1.54) is 11.8 Å². The number of carbonyl (C=O) groups is 1. The second kappa shape index (κ2) is 6.48. The molecule has 0 bridgehead atoms. The summed E-state index contributed by atoms with van der Waals surface area (Å²) in [6, 6.07) is 1.95. The predicted octanol–water partition coefficient (Wildman–Crippen LogP) is 1.73. The fraction of sp³-hybridized carbons (Fsp3) is 0.545. The summed E-state index contributed by atoms with van der Waals surface area (Å²) in [6.45, 7) is 6.17. The lowest BCUT2D eigenvalue weighted by Gasteiger charge is -2.16. The second-order valence-corrected chi connectivity index (χ2v) is 4.86. The number of rotatable bonds is 5. The first-order valence-electron chi connectivity index (χ1n) is 5.28. The molecule has 4 nitrogen and oxygen atoms in total. The van der Waals surface area contributed by atoms with E-state index in [-0.39, 0.29) is 11.9 Å². The van der Waals surface area contributed by atoms with Gasteiger partial charge in [0, 0.05) is 18.4 Å². The van der Waals surface area contributed by atoms with Crippen LogP contribution in [0.2, 0.25) is 0 Å². The Hall–Kier alpha value is -1.10. The molecule has 16 heavy (non-hydrogen) atoms. The third-order valence-electron chi connectivity index (χ3n) is 2.26. The largest absolute Gasteiger partial charge is 0.353 e. The molecule has 1 heterocycles. The standard InChI is InChI=1S/C11H17N3OS/c1-8(2)9(3)14-10(15)7-16-11-12-5-4-6-13-11/h4-6,8-9H,7H2,1-3H3,(H,14,15)/t9-/m1/s1. The molecule has 0 saturated carbocycles. The van der Waals surface area contributed by atoms with Crippen LogP contribution in [-0.4, -0.2) is 27.7 Å². The molecule has 0 aliphatic carbocycles. The summed E-state index contributed by atoms with van der Waals surface area (Å²) in [5.41, 5.74) is 0. The maximum Gasteiger partial charge on any atom is 0.230 e. The van der Waals surface area contributed by atoms with Crippen LogP contribution in [0.25, 0.3) is 0 Å². The van der Waals surface area contributed by atoms with Crippen molar-refractivity contribution in [3.63, 3.8) is 0 Å². The van der Waals surface area contributed by atoms with Gasteiger partial charge in [0.25, 0.3) is 0 Å². The summed E-state index contributed by atoms with van der Waals surface area (Å²) < 4.78 is 0. The van der Waals surface area contributed by atoms with Gasteiger partial charge in [-0.2, -0.15) is 0 Å². The minimum absolute atomic E-state index is 0.0265. The van der Waals surface area contributed by atoms with Crippen LogP contribution in [-0.2, 0) is 4.79 Å². The molecule has 1 aromatic rings. The zero-order chi connectivity index (χ0) is 12.0. The fourth-order valence-corrected chi connectivity index (χ4v) is 1.57. The summed E-state index contributed by atoms with van der Waals surface area (Å²) in [4.78, 5) is 19.6. The van der Waals surface area contributed by atoms with Crippen molar-refractivity contribution in [3.05, 3.63) is 18.5 Å². The normalized spacial score (nSPS) is 12.5. The maximum absolute atomic E-state index is 11.5. The molecular formula is C11H17N3OS. The zero-order valence-corrected chi connectivity index (χ0v) is 10.6. The van der Waals surface area contributed by atoms with Crippen molar-refractivity contribution < 1.29 is 4.79 Å². The average Bonchev–Trinajstić information content (AvgIpc) is 2.27. The highest BCUT2D eigenvalue weighted by atomic mass is 32.2. The predicted molar refractivity (Wildman–Crippen MR) is 65.2 cm³/mol. The van der Waals surface area contributed by atoms with Gasteiger partial charge < -0.3 is 5.32 Å². The molecule has 1 rings (SSSR count). The minimum Gasteiger partial charge on any atom is -0.353 e. The van der Waals surface area contributed by atoms with Crippen molar-refractivity contribution >= 4 is 17.7 Å². The van der Waals surface area contributed by atoms with E-state index in [1.54, 1.807) is 18.5 Å². The van der Waals surface area contributed by atoms with Gasteiger partial charge in [-0.3, -0.25) is 4.79 Å². The van der Waals surface area contributed by atoms with Crippen LogP contribution in [0.1, 0.15) is 20.8 Å². The first-order chi connectivity index (χ1) is 7.59. The SMILES string of the molecule is CC(C)[C@@H](C)NC(=O)CSc1ncccn1. The van der Waals surface area contributed by atoms with Gasteiger partial charge in [0.05, 0.1) is 5.75 Å². The van der Waals surface area contributed by atoms with Crippen molar-refractivity contribution in [1.82, 2.24) is 15.3 Å². The lowest BCUT2D eigenvalue weighted by Crippen LogP contribution is -2.37. The highest BCUT2D eigenvalue weighted by Crippen LogP contribution is 2.10. The van der Waals surface area contributed by atoms with E-state index in [1.807, 2.05) is 6.92 Å². The Balaban J connectivity index is 2.31. The van der Waals surface area contributed by atoms with Crippen LogP contribution in [0, 0.1) is 5.92 Å². The minimum atomic E-state index is 0.0265.